The molecule has 0 spiro atoms. The number of carbonyl (C=O) groups is 1. The molecule has 0 aromatic heterocycles. The highest BCUT2D eigenvalue weighted by molar-refractivity contribution is 6.30. The second kappa shape index (κ2) is 6.97. The highest BCUT2D eigenvalue weighted by Gasteiger charge is 2.00. The van der Waals surface area contributed by atoms with Gasteiger partial charge in [-0.2, -0.15) is 0 Å². The van der Waals surface area contributed by atoms with Gasteiger partial charge in [-0.15, -0.1) is 0 Å². The molecule has 3 nitrogen and oxygen atoms in total. The molecule has 0 aliphatic rings. The maximum absolute atomic E-state index is 10.3. The molecule has 4 heteroatoms. The SMILES string of the molecule is COc1ccc(Cl)cc1/C=C/CCCC(=O)O. The first-order valence-electron chi connectivity index (χ1n) is 5.35. The average molecular weight is 255 g/mol. The Morgan fingerprint density at radius 2 is 2.29 bits per heavy atom. The van der Waals surface area contributed by atoms with Crippen LogP contribution < -0.4 is 4.74 Å². The van der Waals surface area contributed by atoms with Crippen LogP contribution >= 0.6 is 11.6 Å². The fourth-order valence-electron chi connectivity index (χ4n) is 1.42. The third kappa shape index (κ3) is 4.91. The fourth-order valence-corrected chi connectivity index (χ4v) is 1.60. The molecule has 0 saturated carbocycles. The number of hydrogen-bond donors (Lipinski definition) is 1. The van der Waals surface area contributed by atoms with Crippen LogP contribution in [0.2, 0.25) is 5.02 Å². The normalized spacial score (nSPS) is 10.7. The summed E-state index contributed by atoms with van der Waals surface area (Å²) in [5, 5.41) is 9.14. The molecular formula is C13H15ClO3. The van der Waals surface area contributed by atoms with Crippen LogP contribution in [0.15, 0.2) is 24.3 Å². The van der Waals surface area contributed by atoms with Crippen LogP contribution in [0.3, 0.4) is 0 Å². The number of hydrogen-bond acceptors (Lipinski definition) is 2. The van der Waals surface area contributed by atoms with Crippen LogP contribution in [0.4, 0.5) is 0 Å². The summed E-state index contributed by atoms with van der Waals surface area (Å²) in [5.74, 6) is -0.0115. The smallest absolute Gasteiger partial charge is 0.303 e. The standard InChI is InChI=1S/C13H15ClO3/c1-17-12-8-7-11(14)9-10(12)5-3-2-4-6-13(15)16/h3,5,7-9H,2,4,6H2,1H3,(H,15,16)/b5-3+. The summed E-state index contributed by atoms with van der Waals surface area (Å²) in [6, 6.07) is 5.38. The molecule has 1 aromatic rings. The van der Waals surface area contributed by atoms with Gasteiger partial charge in [0.1, 0.15) is 5.75 Å². The Bertz CT molecular complexity index is 413. The van der Waals surface area contributed by atoms with Gasteiger partial charge >= 0.3 is 5.97 Å². The van der Waals surface area contributed by atoms with Gasteiger partial charge in [0.2, 0.25) is 0 Å². The van der Waals surface area contributed by atoms with Gasteiger partial charge < -0.3 is 9.84 Å². The van der Waals surface area contributed by atoms with Crippen molar-refractivity contribution in [1.29, 1.82) is 0 Å². The van der Waals surface area contributed by atoms with Gasteiger partial charge in [0.15, 0.2) is 0 Å². The van der Waals surface area contributed by atoms with Gasteiger partial charge in [0, 0.05) is 17.0 Å². The Morgan fingerprint density at radius 1 is 1.53 bits per heavy atom. The Morgan fingerprint density at radius 3 is 2.94 bits per heavy atom. The second-order valence-corrected chi connectivity index (χ2v) is 4.01. The lowest BCUT2D eigenvalue weighted by Crippen LogP contribution is -1.92. The van der Waals surface area contributed by atoms with Crippen LogP contribution in [0.1, 0.15) is 24.8 Å². The molecule has 1 rings (SSSR count). The van der Waals surface area contributed by atoms with Crippen LogP contribution in [-0.2, 0) is 4.79 Å². The lowest BCUT2D eigenvalue weighted by molar-refractivity contribution is -0.137. The largest absolute Gasteiger partial charge is 0.496 e. The maximum Gasteiger partial charge on any atom is 0.303 e. The zero-order chi connectivity index (χ0) is 12.7. The Labute approximate surface area is 106 Å². The molecule has 0 bridgehead atoms. The Balaban J connectivity index is 2.57. The van der Waals surface area contributed by atoms with E-state index in [0.29, 0.717) is 11.4 Å². The second-order valence-electron chi connectivity index (χ2n) is 3.57. The van der Waals surface area contributed by atoms with Gasteiger partial charge in [-0.1, -0.05) is 23.8 Å². The summed E-state index contributed by atoms with van der Waals surface area (Å²) in [7, 11) is 1.60. The molecule has 0 saturated heterocycles. The molecule has 0 aliphatic carbocycles. The van der Waals surface area contributed by atoms with Crippen molar-refractivity contribution in [2.24, 2.45) is 0 Å². The summed E-state index contributed by atoms with van der Waals surface area (Å²) in [5.41, 5.74) is 0.898. The van der Waals surface area contributed by atoms with Crippen molar-refractivity contribution < 1.29 is 14.6 Å². The van der Waals surface area contributed by atoms with Gasteiger partial charge in [-0.25, -0.2) is 0 Å². The van der Waals surface area contributed by atoms with Crippen LogP contribution in [0.5, 0.6) is 5.75 Å². The summed E-state index contributed by atoms with van der Waals surface area (Å²) in [6.45, 7) is 0. The number of unbranched alkanes of at least 4 members (excludes halogenated alkanes) is 1. The van der Waals surface area contributed by atoms with Crippen molar-refractivity contribution >= 4 is 23.6 Å². The minimum atomic E-state index is -0.765. The molecule has 0 radical (unpaired) electrons. The van der Waals surface area contributed by atoms with Gasteiger partial charge in [0.05, 0.1) is 7.11 Å². The molecule has 0 unspecified atom stereocenters. The van der Waals surface area contributed by atoms with Crippen LogP contribution in [0, 0.1) is 0 Å². The van der Waals surface area contributed by atoms with Crippen molar-refractivity contribution in [3.8, 4) is 5.75 Å². The first-order chi connectivity index (χ1) is 8.13. The van der Waals surface area contributed by atoms with E-state index in [-0.39, 0.29) is 6.42 Å². The first kappa shape index (κ1) is 13.6. The van der Waals surface area contributed by atoms with E-state index in [2.05, 4.69) is 0 Å². The molecule has 0 atom stereocenters. The highest BCUT2D eigenvalue weighted by atomic mass is 35.5. The number of benzene rings is 1. The van der Waals surface area contributed by atoms with E-state index in [1.54, 1.807) is 19.2 Å². The van der Waals surface area contributed by atoms with Gasteiger partial charge in [-0.3, -0.25) is 4.79 Å². The van der Waals surface area contributed by atoms with E-state index in [4.69, 9.17) is 21.4 Å². The lowest BCUT2D eigenvalue weighted by atomic mass is 10.1. The Kier molecular flexibility index (Phi) is 5.57. The van der Waals surface area contributed by atoms with Crippen molar-refractivity contribution in [3.05, 3.63) is 34.9 Å². The van der Waals surface area contributed by atoms with E-state index in [9.17, 15) is 4.79 Å². The summed E-state index contributed by atoms with van der Waals surface area (Å²) >= 11 is 5.89. The molecule has 0 amide bonds. The zero-order valence-corrected chi connectivity index (χ0v) is 10.4. The molecule has 1 N–H and O–H groups in total. The first-order valence-corrected chi connectivity index (χ1v) is 5.73. The number of allylic oxidation sites excluding steroid dienone is 1. The number of methoxy groups -OCH3 is 1. The van der Waals surface area contributed by atoms with E-state index in [1.807, 2.05) is 18.2 Å². The third-order valence-electron chi connectivity index (χ3n) is 2.25. The molecule has 92 valence electrons. The van der Waals surface area contributed by atoms with Crippen molar-refractivity contribution in [1.82, 2.24) is 0 Å². The number of carboxylic acid groups (broad SMARTS) is 1. The van der Waals surface area contributed by atoms with Gasteiger partial charge in [-0.05, 0) is 31.0 Å². The predicted molar refractivity (Wildman–Crippen MR) is 68.5 cm³/mol. The van der Waals surface area contributed by atoms with E-state index >= 15 is 0 Å². The molecule has 1 aromatic carbocycles. The van der Waals surface area contributed by atoms with Crippen LogP contribution in [0.25, 0.3) is 6.08 Å². The molecule has 0 heterocycles. The van der Waals surface area contributed by atoms with E-state index < -0.39 is 5.97 Å². The molecule has 17 heavy (non-hydrogen) atoms. The van der Waals surface area contributed by atoms with Crippen molar-refractivity contribution in [2.45, 2.75) is 19.3 Å². The maximum atomic E-state index is 10.3. The number of carboxylic acids is 1. The monoisotopic (exact) mass is 254 g/mol. The molecular weight excluding hydrogens is 240 g/mol. The molecule has 0 aliphatic heterocycles. The number of ether oxygens (including phenoxy) is 1. The number of rotatable bonds is 6. The Hall–Kier alpha value is -1.48. The van der Waals surface area contributed by atoms with Gasteiger partial charge in [0.25, 0.3) is 0 Å². The van der Waals surface area contributed by atoms with E-state index in [0.717, 1.165) is 17.7 Å². The predicted octanol–water partition coefficient (Wildman–Crippen LogP) is 3.62. The third-order valence-corrected chi connectivity index (χ3v) is 2.49. The minimum absolute atomic E-state index is 0.191. The highest BCUT2D eigenvalue weighted by Crippen LogP contribution is 2.24. The number of aliphatic carboxylic acids is 1. The summed E-state index contributed by atoms with van der Waals surface area (Å²) in [4.78, 5) is 10.3. The quantitative estimate of drug-likeness (QED) is 0.789. The van der Waals surface area contributed by atoms with E-state index in [1.165, 1.54) is 0 Å². The van der Waals surface area contributed by atoms with Crippen molar-refractivity contribution in [3.63, 3.8) is 0 Å². The van der Waals surface area contributed by atoms with Crippen molar-refractivity contribution in [2.75, 3.05) is 7.11 Å². The fraction of sp³-hybridized carbons (Fsp3) is 0.308. The molecule has 0 fully saturated rings. The summed E-state index contributed by atoms with van der Waals surface area (Å²) < 4.78 is 5.19. The summed E-state index contributed by atoms with van der Waals surface area (Å²) in [6.07, 6.45) is 5.37. The number of halogens is 1. The lowest BCUT2D eigenvalue weighted by Gasteiger charge is -2.04. The average Bonchev–Trinajstić information content (AvgIpc) is 2.28. The van der Waals surface area contributed by atoms with Crippen LogP contribution in [-0.4, -0.2) is 18.2 Å². The minimum Gasteiger partial charge on any atom is -0.496 e. The zero-order valence-electron chi connectivity index (χ0n) is 9.65. The topological polar surface area (TPSA) is 46.5 Å².